The van der Waals surface area contributed by atoms with E-state index in [1.165, 1.54) is 43.5 Å². The van der Waals surface area contributed by atoms with Gasteiger partial charge >= 0.3 is 0 Å². The van der Waals surface area contributed by atoms with Crippen LogP contribution in [0, 0.1) is 5.82 Å². The van der Waals surface area contributed by atoms with Gasteiger partial charge in [0.2, 0.25) is 0 Å². The predicted octanol–water partition coefficient (Wildman–Crippen LogP) is 1.54. The molecule has 5 rings (SSSR count). The number of aromatic amines is 1. The van der Waals surface area contributed by atoms with Crippen LogP contribution in [-0.4, -0.2) is 70.4 Å². The van der Waals surface area contributed by atoms with E-state index < -0.39 is 28.8 Å². The molecule has 1 aliphatic rings. The number of hydrogen-bond acceptors (Lipinski definition) is 8. The summed E-state index contributed by atoms with van der Waals surface area (Å²) in [7, 11) is 1.25. The molecule has 3 aromatic carbocycles. The molecule has 2 amide bonds. The first-order valence-electron chi connectivity index (χ1n) is 11.7. The van der Waals surface area contributed by atoms with Crippen LogP contribution < -0.4 is 20.7 Å². The molecule has 0 spiro atoms. The molecule has 0 radical (unpaired) electrons. The number of amides is 2. The van der Waals surface area contributed by atoms with Gasteiger partial charge in [0.05, 0.1) is 24.7 Å². The van der Waals surface area contributed by atoms with E-state index in [4.69, 9.17) is 4.74 Å². The SMILES string of the molecule is COc1ccc(O)c(C(=O)c2ccc(C(=O)NC3CNC[C@H]3NC(=O)c3ccc4[nH]nnc4c3)cc2)c1F. The fraction of sp³-hybridized carbons (Fsp3) is 0.192. The highest BCUT2D eigenvalue weighted by Gasteiger charge is 2.30. The molecule has 1 saturated heterocycles. The van der Waals surface area contributed by atoms with E-state index in [-0.39, 0.29) is 34.9 Å². The van der Waals surface area contributed by atoms with Crippen LogP contribution in [0.4, 0.5) is 4.39 Å². The molecule has 1 aromatic heterocycles. The van der Waals surface area contributed by atoms with Gasteiger partial charge in [-0.05, 0) is 42.5 Å². The number of nitrogens with one attached hydrogen (secondary N) is 4. The minimum atomic E-state index is -0.970. The van der Waals surface area contributed by atoms with Gasteiger partial charge in [0.25, 0.3) is 11.8 Å². The third-order valence-electron chi connectivity index (χ3n) is 6.38. The predicted molar refractivity (Wildman–Crippen MR) is 134 cm³/mol. The second-order valence-corrected chi connectivity index (χ2v) is 8.74. The summed E-state index contributed by atoms with van der Waals surface area (Å²) < 4.78 is 19.5. The summed E-state index contributed by atoms with van der Waals surface area (Å²) in [6, 6.07) is 12.3. The molecule has 0 saturated carbocycles. The van der Waals surface area contributed by atoms with Crippen LogP contribution in [0.15, 0.2) is 54.6 Å². The number of ether oxygens (including phenoxy) is 1. The van der Waals surface area contributed by atoms with Gasteiger partial charge in [-0.3, -0.25) is 19.5 Å². The number of benzene rings is 3. The Morgan fingerprint density at radius 1 is 0.947 bits per heavy atom. The van der Waals surface area contributed by atoms with Gasteiger partial charge < -0.3 is 25.8 Å². The molecule has 1 aliphatic heterocycles. The average molecular weight is 519 g/mol. The number of aromatic nitrogens is 3. The topological polar surface area (TPSA) is 158 Å². The number of H-pyrrole nitrogens is 1. The first-order valence-corrected chi connectivity index (χ1v) is 11.7. The fourth-order valence-corrected chi connectivity index (χ4v) is 4.31. The van der Waals surface area contributed by atoms with E-state index in [0.717, 1.165) is 0 Å². The average Bonchev–Trinajstić information content (AvgIpc) is 3.57. The Morgan fingerprint density at radius 2 is 1.58 bits per heavy atom. The van der Waals surface area contributed by atoms with Crippen LogP contribution >= 0.6 is 0 Å². The van der Waals surface area contributed by atoms with Crippen molar-refractivity contribution in [2.45, 2.75) is 12.1 Å². The molecule has 11 nitrogen and oxygen atoms in total. The van der Waals surface area contributed by atoms with Crippen LogP contribution in [0.5, 0.6) is 11.5 Å². The van der Waals surface area contributed by atoms with Crippen LogP contribution in [0.25, 0.3) is 11.0 Å². The molecule has 12 heteroatoms. The largest absolute Gasteiger partial charge is 0.507 e. The molecule has 38 heavy (non-hydrogen) atoms. The lowest BCUT2D eigenvalue weighted by molar-refractivity contribution is 0.0896. The summed E-state index contributed by atoms with van der Waals surface area (Å²) in [6.07, 6.45) is 0. The Balaban J connectivity index is 1.24. The summed E-state index contributed by atoms with van der Waals surface area (Å²) >= 11 is 0. The lowest BCUT2D eigenvalue weighted by Crippen LogP contribution is -2.51. The molecular weight excluding hydrogens is 495 g/mol. The van der Waals surface area contributed by atoms with Gasteiger partial charge in [0.15, 0.2) is 17.3 Å². The number of hydrogen-bond donors (Lipinski definition) is 5. The molecule has 1 fully saturated rings. The molecule has 0 bridgehead atoms. The zero-order chi connectivity index (χ0) is 26.8. The van der Waals surface area contributed by atoms with Gasteiger partial charge in [-0.15, -0.1) is 5.10 Å². The number of methoxy groups -OCH3 is 1. The quantitative estimate of drug-likeness (QED) is 0.231. The smallest absolute Gasteiger partial charge is 0.251 e. The Bertz CT molecular complexity index is 1540. The van der Waals surface area contributed by atoms with Gasteiger partial charge in [-0.25, -0.2) is 4.39 Å². The highest BCUT2D eigenvalue weighted by Crippen LogP contribution is 2.30. The zero-order valence-electron chi connectivity index (χ0n) is 20.1. The van der Waals surface area contributed by atoms with Gasteiger partial charge in [-0.1, -0.05) is 17.3 Å². The second kappa shape index (κ2) is 10.3. The van der Waals surface area contributed by atoms with E-state index in [1.807, 2.05) is 0 Å². The van der Waals surface area contributed by atoms with Gasteiger partial charge in [0, 0.05) is 29.8 Å². The maximum atomic E-state index is 14.6. The van der Waals surface area contributed by atoms with Crippen molar-refractivity contribution in [2.75, 3.05) is 20.2 Å². The molecular formula is C26H23FN6O5. The normalized spacial score (nSPS) is 16.8. The van der Waals surface area contributed by atoms with E-state index >= 15 is 0 Å². The van der Waals surface area contributed by atoms with E-state index in [2.05, 4.69) is 31.4 Å². The Kier molecular flexibility index (Phi) is 6.71. The number of nitrogens with zero attached hydrogens (tertiary/aromatic N) is 2. The zero-order valence-corrected chi connectivity index (χ0v) is 20.1. The maximum absolute atomic E-state index is 14.6. The van der Waals surface area contributed by atoms with Crippen molar-refractivity contribution >= 4 is 28.6 Å². The molecule has 194 valence electrons. The number of phenolic OH excluding ortho intramolecular Hbond substituents is 1. The lowest BCUT2D eigenvalue weighted by atomic mass is 10.00. The minimum Gasteiger partial charge on any atom is -0.507 e. The summed E-state index contributed by atoms with van der Waals surface area (Å²) in [6.45, 7) is 0.913. The number of carbonyl (C=O) groups excluding carboxylic acids is 3. The Hall–Kier alpha value is -4.84. The van der Waals surface area contributed by atoms with E-state index in [0.29, 0.717) is 29.7 Å². The Morgan fingerprint density at radius 3 is 2.26 bits per heavy atom. The molecule has 1 unspecified atom stereocenters. The molecule has 4 aromatic rings. The molecule has 2 atom stereocenters. The van der Waals surface area contributed by atoms with Crippen LogP contribution in [0.1, 0.15) is 36.6 Å². The molecule has 2 heterocycles. The molecule has 5 N–H and O–H groups in total. The fourth-order valence-electron chi connectivity index (χ4n) is 4.31. The standard InChI is InChI=1S/C26H23FN6O5/c1-38-21-9-8-20(34)22(23(21)27)24(35)13-2-4-14(5-3-13)25(36)29-18-11-28-12-19(18)30-26(37)15-6-7-16-17(10-15)32-33-31-16/h2-10,18-19,28,34H,11-12H2,1H3,(H,29,36)(H,30,37)(H,31,32,33)/t18?,19-/m1/s1. The van der Waals surface area contributed by atoms with Crippen molar-refractivity contribution in [2.24, 2.45) is 0 Å². The third kappa shape index (κ3) is 4.76. The third-order valence-corrected chi connectivity index (χ3v) is 6.38. The number of aromatic hydroxyl groups is 1. The summed E-state index contributed by atoms with van der Waals surface area (Å²) in [5, 5.41) is 29.4. The number of fused-ring (bicyclic) bond motifs is 1. The van der Waals surface area contributed by atoms with E-state index in [9.17, 15) is 23.9 Å². The highest BCUT2D eigenvalue weighted by atomic mass is 19.1. The first-order chi connectivity index (χ1) is 18.4. The number of rotatable bonds is 7. The van der Waals surface area contributed by atoms with Crippen molar-refractivity contribution in [3.8, 4) is 11.5 Å². The number of carbonyl (C=O) groups is 3. The van der Waals surface area contributed by atoms with Gasteiger partial charge in [-0.2, -0.15) is 0 Å². The van der Waals surface area contributed by atoms with Crippen molar-refractivity contribution in [3.63, 3.8) is 0 Å². The van der Waals surface area contributed by atoms with Gasteiger partial charge in [0.1, 0.15) is 16.8 Å². The van der Waals surface area contributed by atoms with Crippen molar-refractivity contribution in [1.29, 1.82) is 0 Å². The second-order valence-electron chi connectivity index (χ2n) is 8.74. The number of ketones is 1. The monoisotopic (exact) mass is 518 g/mol. The van der Waals surface area contributed by atoms with Crippen molar-refractivity contribution in [1.82, 2.24) is 31.4 Å². The highest BCUT2D eigenvalue weighted by molar-refractivity contribution is 6.11. The first kappa shape index (κ1) is 24.8. The maximum Gasteiger partial charge on any atom is 0.251 e. The molecule has 0 aliphatic carbocycles. The minimum absolute atomic E-state index is 0.0840. The number of phenols is 1. The lowest BCUT2D eigenvalue weighted by Gasteiger charge is -2.21. The summed E-state index contributed by atoms with van der Waals surface area (Å²) in [4.78, 5) is 38.5. The Labute approximate surface area is 215 Å². The van der Waals surface area contributed by atoms with Crippen LogP contribution in [0.3, 0.4) is 0 Å². The summed E-state index contributed by atoms with van der Waals surface area (Å²) in [5.74, 6) is -3.12. The van der Waals surface area contributed by atoms with Crippen LogP contribution in [-0.2, 0) is 0 Å². The van der Waals surface area contributed by atoms with Crippen molar-refractivity contribution in [3.05, 3.63) is 82.7 Å². The van der Waals surface area contributed by atoms with E-state index in [1.54, 1.807) is 18.2 Å². The van der Waals surface area contributed by atoms with Crippen LogP contribution in [0.2, 0.25) is 0 Å². The van der Waals surface area contributed by atoms with Crippen molar-refractivity contribution < 1.29 is 28.6 Å². The summed E-state index contributed by atoms with van der Waals surface area (Å²) in [5.41, 5.74) is 1.54. The number of halogens is 1.